The van der Waals surface area contributed by atoms with Gasteiger partial charge in [-0.2, -0.15) is 0 Å². The zero-order valence-electron chi connectivity index (χ0n) is 25.3. The largest absolute Gasteiger partial charge is 0.504 e. The molecule has 2 aromatic carbocycles. The van der Waals surface area contributed by atoms with Gasteiger partial charge in [0.1, 0.15) is 12.4 Å². The molecule has 1 N–H and O–H groups in total. The average Bonchev–Trinajstić information content (AvgIpc) is 3.03. The molecule has 0 aliphatic rings. The van der Waals surface area contributed by atoms with Gasteiger partial charge < -0.3 is 52.5 Å². The lowest BCUT2D eigenvalue weighted by Gasteiger charge is -2.14. The highest BCUT2D eigenvalue weighted by Crippen LogP contribution is 2.38. The summed E-state index contributed by atoms with van der Waals surface area (Å²) < 4.78 is 54.2. The van der Waals surface area contributed by atoms with Gasteiger partial charge in [0, 0.05) is 12.7 Å². The topological polar surface area (TPSA) is 130 Å². The van der Waals surface area contributed by atoms with Crippen molar-refractivity contribution in [3.8, 4) is 28.4 Å². The smallest absolute Gasteiger partial charge is 0.168 e. The molecule has 242 valence electrons. The molecule has 0 unspecified atom stereocenters. The van der Waals surface area contributed by atoms with Gasteiger partial charge in [0.15, 0.2) is 17.8 Å². The number of carbonyl (C=O) groups is 1. The van der Waals surface area contributed by atoms with E-state index in [0.29, 0.717) is 123 Å². The average molecular weight is 611 g/mol. The van der Waals surface area contributed by atoms with Crippen molar-refractivity contribution in [1.82, 2.24) is 0 Å². The first-order chi connectivity index (χ1) is 21.2. The van der Waals surface area contributed by atoms with Crippen molar-refractivity contribution < 1.29 is 57.3 Å². The van der Waals surface area contributed by atoms with Crippen LogP contribution in [0.3, 0.4) is 0 Å². The fourth-order valence-electron chi connectivity index (χ4n) is 3.64. The van der Waals surface area contributed by atoms with Crippen LogP contribution in [-0.4, -0.2) is 131 Å². The van der Waals surface area contributed by atoms with E-state index in [-0.39, 0.29) is 17.1 Å². The molecule has 2 aromatic rings. The van der Waals surface area contributed by atoms with Crippen LogP contribution in [0.5, 0.6) is 17.2 Å². The Bertz CT molecular complexity index is 987. The van der Waals surface area contributed by atoms with Crippen LogP contribution in [0, 0.1) is 0 Å². The predicted octanol–water partition coefficient (Wildman–Crippen LogP) is 3.02. The number of carbonyl (C=O) groups excluding carboxylic acids is 1. The predicted molar refractivity (Wildman–Crippen MR) is 159 cm³/mol. The van der Waals surface area contributed by atoms with E-state index < -0.39 is 0 Å². The third-order valence-corrected chi connectivity index (χ3v) is 5.80. The Morgan fingerprint density at radius 2 is 1.02 bits per heavy atom. The van der Waals surface area contributed by atoms with Crippen molar-refractivity contribution in [2.45, 2.75) is 0 Å². The number of phenols is 1. The first kappa shape index (κ1) is 36.4. The number of rotatable bonds is 28. The molecule has 0 aromatic heterocycles. The lowest BCUT2D eigenvalue weighted by Crippen LogP contribution is -2.15. The molecule has 0 aliphatic carbocycles. The van der Waals surface area contributed by atoms with Crippen LogP contribution in [-0.2, 0) is 37.9 Å². The molecule has 12 nitrogen and oxygen atoms in total. The van der Waals surface area contributed by atoms with E-state index in [1.807, 2.05) is 24.3 Å². The summed E-state index contributed by atoms with van der Waals surface area (Å²) in [4.78, 5) is 11.4. The van der Waals surface area contributed by atoms with Gasteiger partial charge in [-0.1, -0.05) is 18.2 Å². The van der Waals surface area contributed by atoms with Gasteiger partial charge >= 0.3 is 0 Å². The standard InChI is InChI=1S/C31H46O12/c1-34-7-8-36-9-10-37-11-12-38-13-14-39-15-16-40-17-18-41-19-20-42-21-22-43-29-6-4-3-5-28(29)26-23-27(25-32)31(33)30(24-26)35-2/h3-6,23-25,33H,7-22H2,1-2H3. The van der Waals surface area contributed by atoms with Gasteiger partial charge in [-0.05, 0) is 23.8 Å². The maximum absolute atomic E-state index is 11.4. The fraction of sp³-hybridized carbons (Fsp3) is 0.581. The number of ether oxygens (including phenoxy) is 10. The SMILES string of the molecule is COCCOCCOCCOCCOCCOCCOCCOCCOc1ccccc1-c1cc(C=O)c(O)c(OC)c1. The van der Waals surface area contributed by atoms with Crippen molar-refractivity contribution in [3.05, 3.63) is 42.0 Å². The Morgan fingerprint density at radius 1 is 0.581 bits per heavy atom. The lowest BCUT2D eigenvalue weighted by molar-refractivity contribution is -0.0227. The molecule has 12 heteroatoms. The van der Waals surface area contributed by atoms with Crippen molar-refractivity contribution in [3.63, 3.8) is 0 Å². The van der Waals surface area contributed by atoms with E-state index in [2.05, 4.69) is 0 Å². The summed E-state index contributed by atoms with van der Waals surface area (Å²) in [5, 5.41) is 10.1. The summed E-state index contributed by atoms with van der Waals surface area (Å²) in [7, 11) is 3.07. The molecular weight excluding hydrogens is 564 g/mol. The minimum absolute atomic E-state index is 0.141. The number of methoxy groups -OCH3 is 2. The third-order valence-electron chi connectivity index (χ3n) is 5.80. The maximum Gasteiger partial charge on any atom is 0.168 e. The molecule has 0 radical (unpaired) electrons. The van der Waals surface area contributed by atoms with Crippen LogP contribution < -0.4 is 9.47 Å². The summed E-state index contributed by atoms with van der Waals surface area (Å²) in [5.74, 6) is 0.650. The normalized spacial score (nSPS) is 11.1. The number of hydrogen-bond donors (Lipinski definition) is 1. The van der Waals surface area contributed by atoms with E-state index in [1.54, 1.807) is 19.2 Å². The second kappa shape index (κ2) is 24.6. The molecule has 2 rings (SSSR count). The monoisotopic (exact) mass is 610 g/mol. The molecular formula is C31H46O12. The Morgan fingerprint density at radius 3 is 1.47 bits per heavy atom. The summed E-state index contributed by atoms with van der Waals surface area (Å²) in [5.41, 5.74) is 1.60. The highest BCUT2D eigenvalue weighted by molar-refractivity contribution is 5.86. The Hall–Kier alpha value is -2.81. The molecule has 0 spiro atoms. The zero-order valence-corrected chi connectivity index (χ0v) is 25.3. The molecule has 0 fully saturated rings. The van der Waals surface area contributed by atoms with Crippen LogP contribution in [0.15, 0.2) is 36.4 Å². The van der Waals surface area contributed by atoms with E-state index in [9.17, 15) is 9.90 Å². The second-order valence-corrected chi connectivity index (χ2v) is 8.86. The molecule has 0 bridgehead atoms. The molecule has 0 amide bonds. The first-order valence-electron chi connectivity index (χ1n) is 14.3. The number of benzene rings is 2. The number of para-hydroxylation sites is 1. The second-order valence-electron chi connectivity index (χ2n) is 8.86. The van der Waals surface area contributed by atoms with Crippen LogP contribution in [0.1, 0.15) is 10.4 Å². The quantitative estimate of drug-likeness (QED) is 0.112. The molecule has 0 saturated carbocycles. The highest BCUT2D eigenvalue weighted by Gasteiger charge is 2.14. The van der Waals surface area contributed by atoms with Crippen LogP contribution in [0.4, 0.5) is 0 Å². The van der Waals surface area contributed by atoms with Crippen LogP contribution >= 0.6 is 0 Å². The zero-order chi connectivity index (χ0) is 30.8. The van der Waals surface area contributed by atoms with Crippen molar-refractivity contribution in [2.75, 3.05) is 120 Å². The molecule has 0 atom stereocenters. The molecule has 43 heavy (non-hydrogen) atoms. The summed E-state index contributed by atoms with van der Waals surface area (Å²) in [6.07, 6.45) is 0.588. The Balaban J connectivity index is 1.41. The molecule has 0 saturated heterocycles. The highest BCUT2D eigenvalue weighted by atomic mass is 16.6. The number of hydrogen-bond acceptors (Lipinski definition) is 12. The van der Waals surface area contributed by atoms with E-state index in [1.165, 1.54) is 7.11 Å². The number of aldehydes is 1. The first-order valence-corrected chi connectivity index (χ1v) is 14.3. The lowest BCUT2D eigenvalue weighted by atomic mass is 10.0. The van der Waals surface area contributed by atoms with Crippen molar-refractivity contribution in [1.29, 1.82) is 0 Å². The minimum Gasteiger partial charge on any atom is -0.504 e. The van der Waals surface area contributed by atoms with Gasteiger partial charge in [0.2, 0.25) is 0 Å². The van der Waals surface area contributed by atoms with E-state index in [0.717, 1.165) is 5.56 Å². The van der Waals surface area contributed by atoms with Gasteiger partial charge in [-0.25, -0.2) is 0 Å². The van der Waals surface area contributed by atoms with Gasteiger partial charge in [0.05, 0.1) is 112 Å². The number of aromatic hydroxyl groups is 1. The summed E-state index contributed by atoms with van der Waals surface area (Å²) in [6.45, 7) is 7.78. The Labute approximate surface area is 254 Å². The molecule has 0 heterocycles. The van der Waals surface area contributed by atoms with Crippen molar-refractivity contribution >= 4 is 6.29 Å². The summed E-state index contributed by atoms with van der Waals surface area (Å²) >= 11 is 0. The maximum atomic E-state index is 11.4. The van der Waals surface area contributed by atoms with Gasteiger partial charge in [-0.3, -0.25) is 4.79 Å². The van der Waals surface area contributed by atoms with Crippen molar-refractivity contribution in [2.24, 2.45) is 0 Å². The van der Waals surface area contributed by atoms with E-state index in [4.69, 9.17) is 47.4 Å². The summed E-state index contributed by atoms with van der Waals surface area (Å²) in [6, 6.07) is 10.7. The molecule has 0 aliphatic heterocycles. The van der Waals surface area contributed by atoms with Crippen LogP contribution in [0.2, 0.25) is 0 Å². The fourth-order valence-corrected chi connectivity index (χ4v) is 3.64. The number of phenolic OH excluding ortho intramolecular Hbond substituents is 1. The van der Waals surface area contributed by atoms with E-state index >= 15 is 0 Å². The van der Waals surface area contributed by atoms with Gasteiger partial charge in [0.25, 0.3) is 0 Å². The Kier molecular flexibility index (Phi) is 20.8. The third kappa shape index (κ3) is 16.0. The minimum atomic E-state index is -0.192. The van der Waals surface area contributed by atoms with Gasteiger partial charge in [-0.15, -0.1) is 0 Å². The van der Waals surface area contributed by atoms with Crippen LogP contribution in [0.25, 0.3) is 11.1 Å².